The highest BCUT2D eigenvalue weighted by Crippen LogP contribution is 2.28. The van der Waals surface area contributed by atoms with Crippen molar-refractivity contribution < 1.29 is 0 Å². The second kappa shape index (κ2) is 5.27. The summed E-state index contributed by atoms with van der Waals surface area (Å²) in [5.41, 5.74) is 0. The molecule has 100 valence electrons. The third kappa shape index (κ3) is 2.60. The Morgan fingerprint density at radius 3 is 3.11 bits per heavy atom. The van der Waals surface area contributed by atoms with Gasteiger partial charge in [-0.1, -0.05) is 0 Å². The van der Waals surface area contributed by atoms with Gasteiger partial charge in [-0.15, -0.1) is 11.3 Å². The van der Waals surface area contributed by atoms with Crippen molar-refractivity contribution >= 4 is 11.3 Å². The lowest BCUT2D eigenvalue weighted by Crippen LogP contribution is -2.46. The molecule has 2 aliphatic heterocycles. The highest BCUT2D eigenvalue weighted by Gasteiger charge is 2.32. The molecule has 2 aliphatic rings. The molecule has 0 bridgehead atoms. The topological polar surface area (TPSA) is 28.2 Å². The van der Waals surface area contributed by atoms with E-state index in [4.69, 9.17) is 0 Å². The highest BCUT2D eigenvalue weighted by atomic mass is 32.1. The molecule has 0 spiro atoms. The molecule has 3 rings (SSSR count). The number of aryl methyl sites for hydroxylation is 1. The van der Waals surface area contributed by atoms with Crippen molar-refractivity contribution in [3.05, 3.63) is 16.1 Å². The highest BCUT2D eigenvalue weighted by molar-refractivity contribution is 7.11. The van der Waals surface area contributed by atoms with E-state index in [2.05, 4.69) is 29.0 Å². The second-order valence-electron chi connectivity index (χ2n) is 5.75. The van der Waals surface area contributed by atoms with E-state index in [1.54, 1.807) is 0 Å². The van der Waals surface area contributed by atoms with Crippen LogP contribution in [-0.4, -0.2) is 35.1 Å². The van der Waals surface area contributed by atoms with Crippen molar-refractivity contribution in [2.24, 2.45) is 0 Å². The van der Waals surface area contributed by atoms with Crippen LogP contribution in [0.15, 0.2) is 6.20 Å². The summed E-state index contributed by atoms with van der Waals surface area (Å²) < 4.78 is 0. The van der Waals surface area contributed by atoms with Crippen molar-refractivity contribution in [1.29, 1.82) is 0 Å². The molecule has 1 N–H and O–H groups in total. The zero-order valence-electron chi connectivity index (χ0n) is 11.4. The molecule has 1 aromatic rings. The van der Waals surface area contributed by atoms with Gasteiger partial charge in [0.2, 0.25) is 0 Å². The van der Waals surface area contributed by atoms with E-state index < -0.39 is 0 Å². The van der Waals surface area contributed by atoms with Gasteiger partial charge in [0.25, 0.3) is 0 Å². The summed E-state index contributed by atoms with van der Waals surface area (Å²) in [5, 5.41) is 5.02. The zero-order valence-corrected chi connectivity index (χ0v) is 12.2. The zero-order chi connectivity index (χ0) is 12.5. The fraction of sp³-hybridized carbons (Fsp3) is 0.786. The first-order valence-electron chi connectivity index (χ1n) is 7.15. The molecule has 0 amide bonds. The van der Waals surface area contributed by atoms with Crippen LogP contribution in [0.2, 0.25) is 0 Å². The molecule has 2 saturated heterocycles. The van der Waals surface area contributed by atoms with Crippen molar-refractivity contribution in [2.75, 3.05) is 13.1 Å². The Balaban J connectivity index is 1.56. The number of hydrogen-bond donors (Lipinski definition) is 1. The number of thiazole rings is 1. The van der Waals surface area contributed by atoms with E-state index >= 15 is 0 Å². The van der Waals surface area contributed by atoms with Gasteiger partial charge < -0.3 is 10.2 Å². The van der Waals surface area contributed by atoms with Gasteiger partial charge in [0.05, 0.1) is 6.04 Å². The number of piperidine rings is 1. The summed E-state index contributed by atoms with van der Waals surface area (Å²) in [4.78, 5) is 8.48. The Labute approximate surface area is 114 Å². The first-order valence-corrected chi connectivity index (χ1v) is 7.96. The molecular weight excluding hydrogens is 242 g/mol. The second-order valence-corrected chi connectivity index (χ2v) is 7.02. The van der Waals surface area contributed by atoms with Crippen LogP contribution in [0.4, 0.5) is 0 Å². The number of nitrogens with zero attached hydrogens (tertiary/aromatic N) is 2. The lowest BCUT2D eigenvalue weighted by Gasteiger charge is -2.36. The SMILES string of the molecule is Cc1cnc(C(C)NC2CCN3CCCC3C2)s1. The molecule has 0 saturated carbocycles. The first kappa shape index (κ1) is 12.6. The van der Waals surface area contributed by atoms with Gasteiger partial charge in [-0.2, -0.15) is 0 Å². The first-order chi connectivity index (χ1) is 8.72. The van der Waals surface area contributed by atoms with Crippen LogP contribution in [0.1, 0.15) is 48.5 Å². The van der Waals surface area contributed by atoms with E-state index in [-0.39, 0.29) is 0 Å². The van der Waals surface area contributed by atoms with E-state index in [9.17, 15) is 0 Å². The lowest BCUT2D eigenvalue weighted by molar-refractivity contribution is 0.162. The molecule has 3 atom stereocenters. The van der Waals surface area contributed by atoms with Crippen LogP contribution >= 0.6 is 11.3 Å². The van der Waals surface area contributed by atoms with Gasteiger partial charge >= 0.3 is 0 Å². The van der Waals surface area contributed by atoms with Crippen LogP contribution in [-0.2, 0) is 0 Å². The summed E-state index contributed by atoms with van der Waals surface area (Å²) in [6, 6.07) is 1.94. The van der Waals surface area contributed by atoms with Gasteiger partial charge in [-0.05, 0) is 52.6 Å². The average molecular weight is 265 g/mol. The largest absolute Gasteiger partial charge is 0.305 e. The molecule has 4 heteroatoms. The summed E-state index contributed by atoms with van der Waals surface area (Å²) in [5.74, 6) is 0. The van der Waals surface area contributed by atoms with Crippen LogP contribution < -0.4 is 5.32 Å². The van der Waals surface area contributed by atoms with Gasteiger partial charge in [0.15, 0.2) is 0 Å². The maximum Gasteiger partial charge on any atom is 0.109 e. The van der Waals surface area contributed by atoms with E-state index in [1.165, 1.54) is 48.7 Å². The molecule has 18 heavy (non-hydrogen) atoms. The number of hydrogen-bond acceptors (Lipinski definition) is 4. The molecular formula is C14H23N3S. The summed E-state index contributed by atoms with van der Waals surface area (Å²) in [7, 11) is 0. The molecule has 1 aromatic heterocycles. The Morgan fingerprint density at radius 2 is 2.33 bits per heavy atom. The maximum absolute atomic E-state index is 4.49. The number of nitrogens with one attached hydrogen (secondary N) is 1. The van der Waals surface area contributed by atoms with Crippen molar-refractivity contribution in [2.45, 2.75) is 57.7 Å². The van der Waals surface area contributed by atoms with E-state index in [0.29, 0.717) is 12.1 Å². The maximum atomic E-state index is 4.49. The Bertz CT molecular complexity index is 403. The monoisotopic (exact) mass is 265 g/mol. The lowest BCUT2D eigenvalue weighted by atomic mass is 9.97. The molecule has 0 aromatic carbocycles. The van der Waals surface area contributed by atoms with E-state index in [0.717, 1.165) is 6.04 Å². The average Bonchev–Trinajstić information content (AvgIpc) is 2.96. The van der Waals surface area contributed by atoms with E-state index in [1.807, 2.05) is 17.5 Å². The number of fused-ring (bicyclic) bond motifs is 1. The molecule has 2 fully saturated rings. The Morgan fingerprint density at radius 1 is 1.44 bits per heavy atom. The minimum atomic E-state index is 0.404. The quantitative estimate of drug-likeness (QED) is 0.911. The van der Waals surface area contributed by atoms with Crippen molar-refractivity contribution in [1.82, 2.24) is 15.2 Å². The van der Waals surface area contributed by atoms with Crippen molar-refractivity contribution in [3.63, 3.8) is 0 Å². The summed E-state index contributed by atoms with van der Waals surface area (Å²) in [6.07, 6.45) is 7.42. The molecule has 3 unspecified atom stereocenters. The predicted octanol–water partition coefficient (Wildman–Crippen LogP) is 2.73. The van der Waals surface area contributed by atoms with Gasteiger partial charge in [0, 0.05) is 23.2 Å². The minimum absolute atomic E-state index is 0.404. The summed E-state index contributed by atoms with van der Waals surface area (Å²) in [6.45, 7) is 6.99. The fourth-order valence-corrected chi connectivity index (χ4v) is 4.16. The molecule has 3 heterocycles. The van der Waals surface area contributed by atoms with Crippen LogP contribution in [0.3, 0.4) is 0 Å². The smallest absolute Gasteiger partial charge is 0.109 e. The number of rotatable bonds is 3. The predicted molar refractivity (Wildman–Crippen MR) is 76.0 cm³/mol. The minimum Gasteiger partial charge on any atom is -0.305 e. The van der Waals surface area contributed by atoms with Gasteiger partial charge in [-0.3, -0.25) is 0 Å². The van der Waals surface area contributed by atoms with Crippen molar-refractivity contribution in [3.8, 4) is 0 Å². The number of aromatic nitrogens is 1. The Kier molecular flexibility index (Phi) is 3.68. The van der Waals surface area contributed by atoms with Crippen LogP contribution in [0.5, 0.6) is 0 Å². The third-order valence-corrected chi connectivity index (χ3v) is 5.41. The normalized spacial score (nSPS) is 30.3. The third-order valence-electron chi connectivity index (χ3n) is 4.32. The molecule has 0 radical (unpaired) electrons. The molecule has 0 aliphatic carbocycles. The molecule has 3 nitrogen and oxygen atoms in total. The van der Waals surface area contributed by atoms with Gasteiger partial charge in [-0.25, -0.2) is 4.98 Å². The standard InChI is InChI=1S/C14H23N3S/c1-10-9-15-14(18-10)11(2)16-12-5-7-17-6-3-4-13(17)8-12/h9,11-13,16H,3-8H2,1-2H3. The Hall–Kier alpha value is -0.450. The summed E-state index contributed by atoms with van der Waals surface area (Å²) >= 11 is 1.82. The van der Waals surface area contributed by atoms with Gasteiger partial charge in [0.1, 0.15) is 5.01 Å². The fourth-order valence-electron chi connectivity index (χ4n) is 3.37. The van der Waals surface area contributed by atoms with Crippen LogP contribution in [0, 0.1) is 6.92 Å². The van der Waals surface area contributed by atoms with Crippen LogP contribution in [0.25, 0.3) is 0 Å².